The summed E-state index contributed by atoms with van der Waals surface area (Å²) in [5.74, 6) is 0.804. The molecular weight excluding hydrogens is 338 g/mol. The van der Waals surface area contributed by atoms with Gasteiger partial charge in [-0.2, -0.15) is 0 Å². The molecule has 1 aliphatic carbocycles. The minimum absolute atomic E-state index is 0.0863. The molecule has 3 rings (SSSR count). The minimum Gasteiger partial charge on any atom is -0.500 e. The van der Waals surface area contributed by atoms with E-state index >= 15 is 0 Å². The Kier molecular flexibility index (Phi) is 6.17. The molecule has 2 aliphatic rings. The second-order valence-electron chi connectivity index (χ2n) is 7.23. The van der Waals surface area contributed by atoms with Crippen LogP contribution in [-0.2, 0) is 14.3 Å². The number of nitrogens with zero attached hydrogens (tertiary/aromatic N) is 1. The predicted molar refractivity (Wildman–Crippen MR) is 108 cm³/mol. The fourth-order valence-electron chi connectivity index (χ4n) is 4.30. The zero-order valence-corrected chi connectivity index (χ0v) is 16.3. The number of rotatable bonds is 7. The second kappa shape index (κ2) is 8.57. The van der Waals surface area contributed by atoms with Gasteiger partial charge in [0.2, 0.25) is 5.91 Å². The van der Waals surface area contributed by atoms with Gasteiger partial charge in [0.25, 0.3) is 0 Å². The SMILES string of the molecule is C=CC[C@@]1(C(=O)N2CCC[C@H]2COC)C=C(c2ccccc2)CC=C1OC. The summed E-state index contributed by atoms with van der Waals surface area (Å²) in [5.41, 5.74) is 1.45. The molecule has 0 N–H and O–H groups in total. The molecule has 0 unspecified atom stereocenters. The van der Waals surface area contributed by atoms with Gasteiger partial charge in [0.05, 0.1) is 19.8 Å². The largest absolute Gasteiger partial charge is 0.500 e. The molecule has 1 aromatic rings. The summed E-state index contributed by atoms with van der Waals surface area (Å²) in [6.07, 6.45) is 9.21. The number of amides is 1. The van der Waals surface area contributed by atoms with Gasteiger partial charge in [-0.05, 0) is 42.9 Å². The second-order valence-corrected chi connectivity index (χ2v) is 7.23. The molecule has 1 saturated heterocycles. The number of hydrogen-bond acceptors (Lipinski definition) is 3. The van der Waals surface area contributed by atoms with Gasteiger partial charge in [-0.15, -0.1) is 6.58 Å². The monoisotopic (exact) mass is 367 g/mol. The third-order valence-electron chi connectivity index (χ3n) is 5.58. The van der Waals surface area contributed by atoms with Crippen molar-refractivity contribution in [3.63, 3.8) is 0 Å². The zero-order chi connectivity index (χ0) is 19.3. The highest BCUT2D eigenvalue weighted by Gasteiger charge is 2.47. The Morgan fingerprint density at radius 1 is 1.33 bits per heavy atom. The number of carbonyl (C=O) groups is 1. The van der Waals surface area contributed by atoms with Crippen LogP contribution in [0.5, 0.6) is 0 Å². The molecule has 0 aromatic heterocycles. The Hall–Kier alpha value is -2.33. The van der Waals surface area contributed by atoms with Crippen LogP contribution in [0.2, 0.25) is 0 Å². The molecule has 0 bridgehead atoms. The normalized spacial score (nSPS) is 25.0. The molecule has 4 heteroatoms. The third kappa shape index (κ3) is 3.72. The van der Waals surface area contributed by atoms with Gasteiger partial charge in [-0.3, -0.25) is 4.79 Å². The standard InChI is InChI=1S/C23H29NO3/c1-4-14-23(22(25)24-15-8-11-20(24)17-26-2)16-19(12-13-21(23)27-3)18-9-6-5-7-10-18/h4-7,9-10,13,16,20H,1,8,11-12,14-15,17H2,2-3H3/t20-,23+/m0/s1. The Morgan fingerprint density at radius 3 is 2.78 bits per heavy atom. The maximum Gasteiger partial charge on any atom is 0.240 e. The van der Waals surface area contributed by atoms with Crippen molar-refractivity contribution in [2.45, 2.75) is 31.7 Å². The lowest BCUT2D eigenvalue weighted by atomic mass is 9.74. The van der Waals surface area contributed by atoms with Crippen LogP contribution in [0.4, 0.5) is 0 Å². The number of allylic oxidation sites excluding steroid dienone is 3. The fraction of sp³-hybridized carbons (Fsp3) is 0.435. The first-order valence-electron chi connectivity index (χ1n) is 9.59. The van der Waals surface area contributed by atoms with E-state index in [1.54, 1.807) is 14.2 Å². The predicted octanol–water partition coefficient (Wildman–Crippen LogP) is 4.20. The van der Waals surface area contributed by atoms with Crippen molar-refractivity contribution < 1.29 is 14.3 Å². The number of hydrogen-bond donors (Lipinski definition) is 0. The molecular formula is C23H29NO3. The van der Waals surface area contributed by atoms with E-state index in [0.717, 1.165) is 42.7 Å². The van der Waals surface area contributed by atoms with E-state index in [0.29, 0.717) is 13.0 Å². The smallest absolute Gasteiger partial charge is 0.240 e. The Morgan fingerprint density at radius 2 is 2.11 bits per heavy atom. The van der Waals surface area contributed by atoms with Crippen molar-refractivity contribution in [2.24, 2.45) is 5.41 Å². The van der Waals surface area contributed by atoms with Crippen LogP contribution in [0, 0.1) is 5.41 Å². The molecule has 0 saturated carbocycles. The first-order valence-corrected chi connectivity index (χ1v) is 9.59. The number of likely N-dealkylation sites (tertiary alicyclic amines) is 1. The van der Waals surface area contributed by atoms with Crippen molar-refractivity contribution in [2.75, 3.05) is 27.4 Å². The Labute approximate surface area is 162 Å². The van der Waals surface area contributed by atoms with Crippen LogP contribution in [0.1, 0.15) is 31.2 Å². The lowest BCUT2D eigenvalue weighted by Crippen LogP contribution is -2.48. The fourth-order valence-corrected chi connectivity index (χ4v) is 4.30. The molecule has 27 heavy (non-hydrogen) atoms. The van der Waals surface area contributed by atoms with E-state index in [2.05, 4.69) is 24.8 Å². The van der Waals surface area contributed by atoms with E-state index in [4.69, 9.17) is 9.47 Å². The molecule has 144 valence electrons. The summed E-state index contributed by atoms with van der Waals surface area (Å²) in [6, 6.07) is 10.4. The molecule has 0 spiro atoms. The third-order valence-corrected chi connectivity index (χ3v) is 5.58. The molecule has 1 aliphatic heterocycles. The maximum absolute atomic E-state index is 13.8. The topological polar surface area (TPSA) is 38.8 Å². The highest BCUT2D eigenvalue weighted by atomic mass is 16.5. The van der Waals surface area contributed by atoms with Gasteiger partial charge in [-0.1, -0.05) is 42.5 Å². The number of carbonyl (C=O) groups excluding carboxylic acids is 1. The summed E-state index contributed by atoms with van der Waals surface area (Å²) in [5, 5.41) is 0. The first-order chi connectivity index (χ1) is 13.2. The molecule has 1 fully saturated rings. The van der Waals surface area contributed by atoms with Crippen molar-refractivity contribution in [1.82, 2.24) is 4.90 Å². The van der Waals surface area contributed by atoms with Crippen LogP contribution in [0.25, 0.3) is 5.57 Å². The van der Waals surface area contributed by atoms with Crippen LogP contribution >= 0.6 is 0 Å². The van der Waals surface area contributed by atoms with Crippen molar-refractivity contribution in [3.05, 3.63) is 66.5 Å². The van der Waals surface area contributed by atoms with Crippen LogP contribution in [-0.4, -0.2) is 44.2 Å². The lowest BCUT2D eigenvalue weighted by molar-refractivity contribution is -0.141. The van der Waals surface area contributed by atoms with Crippen LogP contribution < -0.4 is 0 Å². The van der Waals surface area contributed by atoms with Gasteiger partial charge in [-0.25, -0.2) is 0 Å². The van der Waals surface area contributed by atoms with E-state index in [1.807, 2.05) is 35.3 Å². The van der Waals surface area contributed by atoms with Crippen molar-refractivity contribution in [3.8, 4) is 0 Å². The van der Waals surface area contributed by atoms with Gasteiger partial charge >= 0.3 is 0 Å². The highest BCUT2D eigenvalue weighted by molar-refractivity contribution is 5.91. The summed E-state index contributed by atoms with van der Waals surface area (Å²) in [6.45, 7) is 5.25. The average Bonchev–Trinajstić information content (AvgIpc) is 3.16. The molecule has 1 amide bonds. The molecule has 4 nitrogen and oxygen atoms in total. The quantitative estimate of drug-likeness (QED) is 0.678. The summed E-state index contributed by atoms with van der Waals surface area (Å²) in [7, 11) is 3.34. The highest BCUT2D eigenvalue weighted by Crippen LogP contribution is 2.44. The molecule has 2 atom stereocenters. The van der Waals surface area contributed by atoms with E-state index < -0.39 is 5.41 Å². The van der Waals surface area contributed by atoms with Gasteiger partial charge in [0.15, 0.2) is 0 Å². The number of ether oxygens (including phenoxy) is 2. The summed E-state index contributed by atoms with van der Waals surface area (Å²) < 4.78 is 11.1. The number of benzene rings is 1. The van der Waals surface area contributed by atoms with Gasteiger partial charge in [0, 0.05) is 13.7 Å². The molecule has 1 heterocycles. The summed E-state index contributed by atoms with van der Waals surface area (Å²) >= 11 is 0. The van der Waals surface area contributed by atoms with E-state index in [1.165, 1.54) is 0 Å². The molecule has 1 aromatic carbocycles. The van der Waals surface area contributed by atoms with E-state index in [9.17, 15) is 4.79 Å². The van der Waals surface area contributed by atoms with Crippen molar-refractivity contribution >= 4 is 11.5 Å². The maximum atomic E-state index is 13.8. The Bertz CT molecular complexity index is 737. The average molecular weight is 367 g/mol. The van der Waals surface area contributed by atoms with Crippen LogP contribution in [0.3, 0.4) is 0 Å². The minimum atomic E-state index is -0.837. The lowest BCUT2D eigenvalue weighted by Gasteiger charge is -2.38. The molecule has 0 radical (unpaired) electrons. The number of methoxy groups -OCH3 is 2. The van der Waals surface area contributed by atoms with Crippen molar-refractivity contribution in [1.29, 1.82) is 0 Å². The van der Waals surface area contributed by atoms with Crippen LogP contribution in [0.15, 0.2) is 60.9 Å². The Balaban J connectivity index is 2.03. The summed E-state index contributed by atoms with van der Waals surface area (Å²) in [4.78, 5) is 15.8. The van der Waals surface area contributed by atoms with E-state index in [-0.39, 0.29) is 11.9 Å². The van der Waals surface area contributed by atoms with Gasteiger partial charge < -0.3 is 14.4 Å². The first kappa shape index (κ1) is 19.4. The van der Waals surface area contributed by atoms with Gasteiger partial charge in [0.1, 0.15) is 11.2 Å². The zero-order valence-electron chi connectivity index (χ0n) is 16.3.